The van der Waals surface area contributed by atoms with Gasteiger partial charge in [0, 0.05) is 22.7 Å². The summed E-state index contributed by atoms with van der Waals surface area (Å²) in [5.41, 5.74) is 1.18. The number of halogens is 2. The van der Waals surface area contributed by atoms with Crippen LogP contribution in [0.3, 0.4) is 0 Å². The van der Waals surface area contributed by atoms with Crippen LogP contribution in [0.5, 0.6) is 0 Å². The standard InChI is InChI=1S/C20H23Cl2NO/c21-17-3-1-16(18(22)8-17)2-4-19(24)23-12-20-9-13-5-14(10-20)7-15(6-13)11-20/h1-4,8,13-15H,5-7,9-12H2,(H,23,24)/b4-2+. The number of hydrogen-bond donors (Lipinski definition) is 1. The van der Waals surface area contributed by atoms with Gasteiger partial charge >= 0.3 is 0 Å². The number of hydrogen-bond acceptors (Lipinski definition) is 1. The fraction of sp³-hybridized carbons (Fsp3) is 0.550. The number of carbonyl (C=O) groups is 1. The molecule has 4 fully saturated rings. The second-order valence-corrected chi connectivity index (χ2v) is 8.98. The van der Waals surface area contributed by atoms with Gasteiger partial charge in [-0.2, -0.15) is 0 Å². The molecule has 2 nitrogen and oxygen atoms in total. The maximum atomic E-state index is 12.2. The summed E-state index contributed by atoms with van der Waals surface area (Å²) in [6, 6.07) is 5.30. The molecule has 4 aliphatic carbocycles. The lowest BCUT2D eigenvalue weighted by atomic mass is 9.49. The second-order valence-electron chi connectivity index (χ2n) is 8.13. The van der Waals surface area contributed by atoms with Crippen LogP contribution in [0.1, 0.15) is 44.1 Å². The molecule has 1 N–H and O–H groups in total. The summed E-state index contributed by atoms with van der Waals surface area (Å²) in [5, 5.41) is 4.31. The van der Waals surface area contributed by atoms with Crippen molar-refractivity contribution in [3.8, 4) is 0 Å². The quantitative estimate of drug-likeness (QED) is 0.718. The first-order valence-corrected chi connectivity index (χ1v) is 9.68. The van der Waals surface area contributed by atoms with Gasteiger partial charge in [-0.3, -0.25) is 4.79 Å². The van der Waals surface area contributed by atoms with E-state index in [1.165, 1.54) is 38.5 Å². The van der Waals surface area contributed by atoms with Gasteiger partial charge in [0.1, 0.15) is 0 Å². The Bertz CT molecular complexity index is 647. The van der Waals surface area contributed by atoms with Crippen LogP contribution in [0.15, 0.2) is 24.3 Å². The molecule has 1 amide bonds. The summed E-state index contributed by atoms with van der Waals surface area (Å²) in [6.07, 6.45) is 11.6. The maximum Gasteiger partial charge on any atom is 0.244 e. The number of benzene rings is 1. The minimum atomic E-state index is -0.0308. The molecule has 4 saturated carbocycles. The Labute approximate surface area is 153 Å². The fourth-order valence-corrected chi connectivity index (χ4v) is 6.11. The van der Waals surface area contributed by atoms with Gasteiger partial charge in [0.2, 0.25) is 5.91 Å². The van der Waals surface area contributed by atoms with Gasteiger partial charge in [-0.1, -0.05) is 29.3 Å². The molecule has 4 bridgehead atoms. The van der Waals surface area contributed by atoms with Crippen molar-refractivity contribution in [3.63, 3.8) is 0 Å². The maximum absolute atomic E-state index is 12.2. The predicted octanol–water partition coefficient (Wildman–Crippen LogP) is 5.34. The first-order chi connectivity index (χ1) is 11.5. The number of amides is 1. The Balaban J connectivity index is 1.36. The van der Waals surface area contributed by atoms with E-state index in [9.17, 15) is 4.79 Å². The molecule has 0 unspecified atom stereocenters. The third-order valence-electron chi connectivity index (χ3n) is 6.18. The highest BCUT2D eigenvalue weighted by atomic mass is 35.5. The van der Waals surface area contributed by atoms with Gasteiger partial charge in [0.05, 0.1) is 0 Å². The largest absolute Gasteiger partial charge is 0.352 e. The van der Waals surface area contributed by atoms with E-state index in [4.69, 9.17) is 23.2 Å². The normalized spacial score (nSPS) is 34.0. The molecule has 0 atom stereocenters. The molecule has 0 aliphatic heterocycles. The zero-order valence-electron chi connectivity index (χ0n) is 13.7. The van der Waals surface area contributed by atoms with Crippen molar-refractivity contribution in [2.75, 3.05) is 6.54 Å². The minimum Gasteiger partial charge on any atom is -0.352 e. The minimum absolute atomic E-state index is 0.0308. The lowest BCUT2D eigenvalue weighted by Gasteiger charge is -2.56. The van der Waals surface area contributed by atoms with Gasteiger partial charge in [0.25, 0.3) is 0 Å². The number of carbonyl (C=O) groups excluding carboxylic acids is 1. The van der Waals surface area contributed by atoms with E-state index in [2.05, 4.69) is 5.32 Å². The Kier molecular flexibility index (Phi) is 4.38. The zero-order valence-corrected chi connectivity index (χ0v) is 15.2. The first-order valence-electron chi connectivity index (χ1n) is 8.92. The Morgan fingerprint density at radius 3 is 2.33 bits per heavy atom. The molecular formula is C20H23Cl2NO. The molecule has 128 valence electrons. The summed E-state index contributed by atoms with van der Waals surface area (Å²) in [6.45, 7) is 0.827. The third-order valence-corrected chi connectivity index (χ3v) is 6.74. The average Bonchev–Trinajstić information content (AvgIpc) is 2.51. The van der Waals surface area contributed by atoms with Crippen LogP contribution in [0, 0.1) is 23.2 Å². The SMILES string of the molecule is O=C(/C=C/c1ccc(Cl)cc1Cl)NCC12CC3CC(CC(C3)C1)C2. The molecule has 1 aromatic rings. The van der Waals surface area contributed by atoms with E-state index in [0.717, 1.165) is 29.9 Å². The highest BCUT2D eigenvalue weighted by Gasteiger charge is 2.50. The highest BCUT2D eigenvalue weighted by Crippen LogP contribution is 2.59. The predicted molar refractivity (Wildman–Crippen MR) is 99.1 cm³/mol. The molecule has 0 heterocycles. The van der Waals surface area contributed by atoms with E-state index >= 15 is 0 Å². The molecule has 0 saturated heterocycles. The van der Waals surface area contributed by atoms with Crippen molar-refractivity contribution in [1.82, 2.24) is 5.32 Å². The highest BCUT2D eigenvalue weighted by molar-refractivity contribution is 6.35. The van der Waals surface area contributed by atoms with Crippen molar-refractivity contribution in [2.45, 2.75) is 38.5 Å². The molecule has 24 heavy (non-hydrogen) atoms. The molecule has 5 rings (SSSR count). The Hall–Kier alpha value is -0.990. The van der Waals surface area contributed by atoms with Gasteiger partial charge < -0.3 is 5.32 Å². The van der Waals surface area contributed by atoms with Crippen LogP contribution < -0.4 is 5.32 Å². The van der Waals surface area contributed by atoms with Gasteiger partial charge in [-0.25, -0.2) is 0 Å². The van der Waals surface area contributed by atoms with Crippen molar-refractivity contribution < 1.29 is 4.79 Å². The third kappa shape index (κ3) is 3.36. The number of nitrogens with one attached hydrogen (secondary N) is 1. The van der Waals surface area contributed by atoms with Crippen LogP contribution in [-0.2, 0) is 4.79 Å². The fourth-order valence-electron chi connectivity index (χ4n) is 5.64. The summed E-state index contributed by atoms with van der Waals surface area (Å²) in [4.78, 5) is 12.2. The summed E-state index contributed by atoms with van der Waals surface area (Å²) in [5.74, 6) is 2.71. The summed E-state index contributed by atoms with van der Waals surface area (Å²) < 4.78 is 0. The molecule has 0 spiro atoms. The number of rotatable bonds is 4. The summed E-state index contributed by atoms with van der Waals surface area (Å²) in [7, 11) is 0. The Morgan fingerprint density at radius 2 is 1.75 bits per heavy atom. The van der Waals surface area contributed by atoms with Gasteiger partial charge in [0.15, 0.2) is 0 Å². The van der Waals surface area contributed by atoms with E-state index in [-0.39, 0.29) is 5.91 Å². The second kappa shape index (κ2) is 6.38. The average molecular weight is 364 g/mol. The van der Waals surface area contributed by atoms with E-state index < -0.39 is 0 Å². The first kappa shape index (κ1) is 16.5. The van der Waals surface area contributed by atoms with Crippen LogP contribution in [-0.4, -0.2) is 12.5 Å². The lowest BCUT2D eigenvalue weighted by Crippen LogP contribution is -2.51. The lowest BCUT2D eigenvalue weighted by molar-refractivity contribution is -0.118. The van der Waals surface area contributed by atoms with Gasteiger partial charge in [-0.05, 0) is 85.5 Å². The van der Waals surface area contributed by atoms with Crippen molar-refractivity contribution in [3.05, 3.63) is 39.9 Å². The monoisotopic (exact) mass is 363 g/mol. The van der Waals surface area contributed by atoms with E-state index in [1.54, 1.807) is 24.3 Å². The molecule has 4 heteroatoms. The van der Waals surface area contributed by atoms with E-state index in [0.29, 0.717) is 15.5 Å². The van der Waals surface area contributed by atoms with Crippen LogP contribution >= 0.6 is 23.2 Å². The van der Waals surface area contributed by atoms with E-state index in [1.807, 2.05) is 6.07 Å². The van der Waals surface area contributed by atoms with Crippen LogP contribution in [0.4, 0.5) is 0 Å². The molecule has 0 radical (unpaired) electrons. The summed E-state index contributed by atoms with van der Waals surface area (Å²) >= 11 is 12.0. The Morgan fingerprint density at radius 1 is 1.12 bits per heavy atom. The topological polar surface area (TPSA) is 29.1 Å². The van der Waals surface area contributed by atoms with Crippen LogP contribution in [0.25, 0.3) is 6.08 Å². The molecular weight excluding hydrogens is 341 g/mol. The van der Waals surface area contributed by atoms with Gasteiger partial charge in [-0.15, -0.1) is 0 Å². The molecule has 0 aromatic heterocycles. The smallest absolute Gasteiger partial charge is 0.244 e. The van der Waals surface area contributed by atoms with Crippen molar-refractivity contribution in [2.24, 2.45) is 23.2 Å². The van der Waals surface area contributed by atoms with Crippen molar-refractivity contribution >= 4 is 35.2 Å². The van der Waals surface area contributed by atoms with Crippen molar-refractivity contribution in [1.29, 1.82) is 0 Å². The van der Waals surface area contributed by atoms with Crippen LogP contribution in [0.2, 0.25) is 10.0 Å². The zero-order chi connectivity index (χ0) is 16.7. The molecule has 1 aromatic carbocycles. The molecule has 4 aliphatic rings.